The highest BCUT2D eigenvalue weighted by Crippen LogP contribution is 2.07. The fraction of sp³-hybridized carbons (Fsp3) is 0.778. The average Bonchev–Trinajstić information content (AvgIpc) is 1.88. The third-order valence-electron chi connectivity index (χ3n) is 1.73. The maximum absolute atomic E-state index is 9.09. The van der Waals surface area contributed by atoms with E-state index in [0.29, 0.717) is 5.92 Å². The van der Waals surface area contributed by atoms with Crippen molar-refractivity contribution in [3.8, 4) is 0 Å². The average molecular weight is 142 g/mol. The Morgan fingerprint density at radius 1 is 1.30 bits per heavy atom. The van der Waals surface area contributed by atoms with Gasteiger partial charge in [0.2, 0.25) is 0 Å². The molecule has 0 aromatic carbocycles. The van der Waals surface area contributed by atoms with E-state index in [2.05, 4.69) is 26.0 Å². The van der Waals surface area contributed by atoms with Crippen LogP contribution in [0.15, 0.2) is 12.2 Å². The molecule has 0 aromatic rings. The SMILES string of the molecule is CC/C=C\CC(C)C(C)O. The minimum atomic E-state index is -0.179. The summed E-state index contributed by atoms with van der Waals surface area (Å²) in [6.07, 6.45) is 6.18. The predicted molar refractivity (Wildman–Crippen MR) is 44.9 cm³/mol. The van der Waals surface area contributed by atoms with Crippen molar-refractivity contribution >= 4 is 0 Å². The molecular weight excluding hydrogens is 124 g/mol. The number of hydrogen-bond acceptors (Lipinski definition) is 1. The summed E-state index contributed by atoms with van der Waals surface area (Å²) in [5.41, 5.74) is 0. The third kappa shape index (κ3) is 4.57. The zero-order valence-electron chi connectivity index (χ0n) is 7.17. The molecule has 2 unspecified atom stereocenters. The Morgan fingerprint density at radius 3 is 2.30 bits per heavy atom. The van der Waals surface area contributed by atoms with Gasteiger partial charge in [-0.3, -0.25) is 0 Å². The maximum atomic E-state index is 9.09. The highest BCUT2D eigenvalue weighted by Gasteiger charge is 2.04. The lowest BCUT2D eigenvalue weighted by Crippen LogP contribution is -2.11. The lowest BCUT2D eigenvalue weighted by Gasteiger charge is -2.10. The van der Waals surface area contributed by atoms with Gasteiger partial charge in [0.05, 0.1) is 6.10 Å². The quantitative estimate of drug-likeness (QED) is 0.597. The van der Waals surface area contributed by atoms with Crippen LogP contribution in [-0.2, 0) is 0 Å². The van der Waals surface area contributed by atoms with Crippen LogP contribution in [0.4, 0.5) is 0 Å². The fourth-order valence-corrected chi connectivity index (χ4v) is 0.674. The van der Waals surface area contributed by atoms with Crippen LogP contribution in [-0.4, -0.2) is 11.2 Å². The molecule has 0 saturated carbocycles. The minimum absolute atomic E-state index is 0.179. The Morgan fingerprint density at radius 2 is 1.90 bits per heavy atom. The number of aliphatic hydroxyl groups is 1. The smallest absolute Gasteiger partial charge is 0.0540 e. The van der Waals surface area contributed by atoms with Crippen molar-refractivity contribution in [2.75, 3.05) is 0 Å². The van der Waals surface area contributed by atoms with Crippen LogP contribution in [0.25, 0.3) is 0 Å². The fourth-order valence-electron chi connectivity index (χ4n) is 0.674. The van der Waals surface area contributed by atoms with Crippen LogP contribution in [0.3, 0.4) is 0 Å². The molecule has 0 aromatic heterocycles. The van der Waals surface area contributed by atoms with Crippen LogP contribution in [0.2, 0.25) is 0 Å². The molecule has 0 rings (SSSR count). The molecule has 0 radical (unpaired) electrons. The molecule has 1 nitrogen and oxygen atoms in total. The topological polar surface area (TPSA) is 20.2 Å². The Hall–Kier alpha value is -0.300. The van der Waals surface area contributed by atoms with Crippen molar-refractivity contribution in [3.63, 3.8) is 0 Å². The van der Waals surface area contributed by atoms with Gasteiger partial charge >= 0.3 is 0 Å². The molecule has 0 spiro atoms. The molecule has 1 N–H and O–H groups in total. The first-order valence-electron chi connectivity index (χ1n) is 4.01. The summed E-state index contributed by atoms with van der Waals surface area (Å²) in [4.78, 5) is 0. The second-order valence-corrected chi connectivity index (χ2v) is 2.83. The van der Waals surface area contributed by atoms with Crippen molar-refractivity contribution in [2.24, 2.45) is 5.92 Å². The van der Waals surface area contributed by atoms with Gasteiger partial charge in [-0.15, -0.1) is 0 Å². The first-order chi connectivity index (χ1) is 4.68. The number of rotatable bonds is 4. The summed E-state index contributed by atoms with van der Waals surface area (Å²) in [6.45, 7) is 6.01. The highest BCUT2D eigenvalue weighted by molar-refractivity contribution is 4.82. The normalized spacial score (nSPS) is 17.6. The van der Waals surface area contributed by atoms with Crippen LogP contribution in [0.1, 0.15) is 33.6 Å². The van der Waals surface area contributed by atoms with Gasteiger partial charge in [0.15, 0.2) is 0 Å². The Bertz CT molecular complexity index is 94.9. The molecule has 0 bridgehead atoms. The lowest BCUT2D eigenvalue weighted by atomic mass is 10.0. The molecule has 0 fully saturated rings. The third-order valence-corrected chi connectivity index (χ3v) is 1.73. The largest absolute Gasteiger partial charge is 0.393 e. The van der Waals surface area contributed by atoms with Gasteiger partial charge in [0, 0.05) is 0 Å². The van der Waals surface area contributed by atoms with Gasteiger partial charge in [-0.2, -0.15) is 0 Å². The van der Waals surface area contributed by atoms with E-state index in [1.54, 1.807) is 0 Å². The molecule has 0 saturated heterocycles. The van der Waals surface area contributed by atoms with Gasteiger partial charge < -0.3 is 5.11 Å². The van der Waals surface area contributed by atoms with Crippen LogP contribution in [0, 0.1) is 5.92 Å². The molecule has 0 aliphatic heterocycles. The van der Waals surface area contributed by atoms with E-state index in [0.717, 1.165) is 12.8 Å². The first-order valence-corrected chi connectivity index (χ1v) is 4.01. The summed E-state index contributed by atoms with van der Waals surface area (Å²) in [7, 11) is 0. The lowest BCUT2D eigenvalue weighted by molar-refractivity contribution is 0.136. The van der Waals surface area contributed by atoms with Crippen molar-refractivity contribution in [1.82, 2.24) is 0 Å². The van der Waals surface area contributed by atoms with E-state index < -0.39 is 0 Å². The van der Waals surface area contributed by atoms with Crippen molar-refractivity contribution in [2.45, 2.75) is 39.7 Å². The standard InChI is InChI=1S/C9H18O/c1-4-5-6-7-8(2)9(3)10/h5-6,8-10H,4,7H2,1-3H3/b6-5-. The Kier molecular flexibility index (Phi) is 5.32. The number of aliphatic hydroxyl groups excluding tert-OH is 1. The first kappa shape index (κ1) is 9.70. The van der Waals surface area contributed by atoms with Crippen molar-refractivity contribution in [3.05, 3.63) is 12.2 Å². The molecule has 0 aliphatic carbocycles. The van der Waals surface area contributed by atoms with Gasteiger partial charge in [-0.1, -0.05) is 26.0 Å². The van der Waals surface area contributed by atoms with Gasteiger partial charge in [0.1, 0.15) is 0 Å². The zero-order chi connectivity index (χ0) is 7.98. The predicted octanol–water partition coefficient (Wildman–Crippen LogP) is 2.36. The van der Waals surface area contributed by atoms with E-state index in [1.165, 1.54) is 0 Å². The summed E-state index contributed by atoms with van der Waals surface area (Å²) >= 11 is 0. The van der Waals surface area contributed by atoms with E-state index in [1.807, 2.05) is 6.92 Å². The van der Waals surface area contributed by atoms with E-state index in [-0.39, 0.29) is 6.10 Å². The van der Waals surface area contributed by atoms with E-state index >= 15 is 0 Å². The van der Waals surface area contributed by atoms with E-state index in [4.69, 9.17) is 5.11 Å². The summed E-state index contributed by atoms with van der Waals surface area (Å²) in [5, 5.41) is 9.09. The maximum Gasteiger partial charge on any atom is 0.0540 e. The molecule has 2 atom stereocenters. The van der Waals surface area contributed by atoms with Gasteiger partial charge in [-0.25, -0.2) is 0 Å². The molecule has 0 aliphatic rings. The van der Waals surface area contributed by atoms with Crippen LogP contribution < -0.4 is 0 Å². The Labute approximate surface area is 63.8 Å². The second kappa shape index (κ2) is 5.48. The number of allylic oxidation sites excluding steroid dienone is 2. The van der Waals surface area contributed by atoms with Crippen LogP contribution >= 0.6 is 0 Å². The van der Waals surface area contributed by atoms with E-state index in [9.17, 15) is 0 Å². The molecule has 0 amide bonds. The Balaban J connectivity index is 3.38. The molecule has 10 heavy (non-hydrogen) atoms. The number of hydrogen-bond donors (Lipinski definition) is 1. The molecule has 0 heterocycles. The van der Waals surface area contributed by atoms with Crippen LogP contribution in [0.5, 0.6) is 0 Å². The molecule has 60 valence electrons. The minimum Gasteiger partial charge on any atom is -0.393 e. The van der Waals surface area contributed by atoms with Crippen molar-refractivity contribution in [1.29, 1.82) is 0 Å². The second-order valence-electron chi connectivity index (χ2n) is 2.83. The summed E-state index contributed by atoms with van der Waals surface area (Å²) < 4.78 is 0. The highest BCUT2D eigenvalue weighted by atomic mass is 16.3. The zero-order valence-corrected chi connectivity index (χ0v) is 7.17. The molecular formula is C9H18O. The summed E-state index contributed by atoms with van der Waals surface area (Å²) in [6, 6.07) is 0. The van der Waals surface area contributed by atoms with Gasteiger partial charge in [0.25, 0.3) is 0 Å². The monoisotopic (exact) mass is 142 g/mol. The van der Waals surface area contributed by atoms with Crippen molar-refractivity contribution < 1.29 is 5.11 Å². The summed E-state index contributed by atoms with van der Waals surface area (Å²) in [5.74, 6) is 0.391. The molecule has 1 heteroatoms. The van der Waals surface area contributed by atoms with Gasteiger partial charge in [-0.05, 0) is 25.7 Å².